The molecule has 0 fully saturated rings. The first-order chi connectivity index (χ1) is 12.1. The third-order valence-corrected chi connectivity index (χ3v) is 3.35. The summed E-state index contributed by atoms with van der Waals surface area (Å²) in [5, 5.41) is 5.09. The van der Waals surface area contributed by atoms with E-state index in [1.54, 1.807) is 65.8 Å². The minimum absolute atomic E-state index is 0.282. The second-order valence-electron chi connectivity index (χ2n) is 8.29. The number of para-hydroxylation sites is 1. The molecule has 0 aliphatic heterocycles. The Hall–Kier alpha value is -2.77. The van der Waals surface area contributed by atoms with Crippen LogP contribution in [0.5, 0.6) is 0 Å². The van der Waals surface area contributed by atoms with Crippen molar-refractivity contribution in [1.82, 2.24) is 5.32 Å². The van der Waals surface area contributed by atoms with Crippen molar-refractivity contribution < 1.29 is 23.9 Å². The molecule has 27 heavy (non-hydrogen) atoms. The standard InChI is InChI=1S/C19H29N3O5/c1-17(2,3)26-15(24)21-13-11-9-8-10-12(13)19(7,14(20)23)22-16(25)27-18(4,5)6/h8-11H,1-7H3,(H2,20,23)(H,21,24)(H,22,25)/t19-/m1/s1. The number of nitrogens with one attached hydrogen (secondary N) is 2. The molecule has 3 amide bonds. The molecule has 0 unspecified atom stereocenters. The highest BCUT2D eigenvalue weighted by Crippen LogP contribution is 2.29. The van der Waals surface area contributed by atoms with Crippen LogP contribution in [0.4, 0.5) is 15.3 Å². The van der Waals surface area contributed by atoms with Crippen LogP contribution in [-0.4, -0.2) is 29.3 Å². The zero-order chi connectivity index (χ0) is 21.0. The number of benzene rings is 1. The number of amides is 3. The van der Waals surface area contributed by atoms with Gasteiger partial charge in [0.05, 0.1) is 5.69 Å². The van der Waals surface area contributed by atoms with Gasteiger partial charge < -0.3 is 20.5 Å². The lowest BCUT2D eigenvalue weighted by atomic mass is 9.89. The fraction of sp³-hybridized carbons (Fsp3) is 0.526. The predicted molar refractivity (Wildman–Crippen MR) is 102 cm³/mol. The minimum atomic E-state index is -1.62. The van der Waals surface area contributed by atoms with E-state index in [-0.39, 0.29) is 5.69 Å². The van der Waals surface area contributed by atoms with E-state index in [4.69, 9.17) is 15.2 Å². The summed E-state index contributed by atoms with van der Waals surface area (Å²) in [6.07, 6.45) is -1.50. The molecule has 4 N–H and O–H groups in total. The molecule has 1 atom stereocenters. The van der Waals surface area contributed by atoms with Gasteiger partial charge in [-0.1, -0.05) is 18.2 Å². The number of alkyl carbamates (subject to hydrolysis) is 1. The van der Waals surface area contributed by atoms with E-state index in [0.717, 1.165) is 0 Å². The Labute approximate surface area is 159 Å². The topological polar surface area (TPSA) is 120 Å². The van der Waals surface area contributed by atoms with Crippen LogP contribution in [0.15, 0.2) is 24.3 Å². The first kappa shape index (κ1) is 22.3. The Morgan fingerprint density at radius 2 is 1.33 bits per heavy atom. The second kappa shape index (κ2) is 7.85. The summed E-state index contributed by atoms with van der Waals surface area (Å²) in [5.41, 5.74) is 3.08. The van der Waals surface area contributed by atoms with Crippen LogP contribution < -0.4 is 16.4 Å². The molecule has 0 saturated heterocycles. The molecule has 1 rings (SSSR count). The van der Waals surface area contributed by atoms with Crippen molar-refractivity contribution in [3.63, 3.8) is 0 Å². The van der Waals surface area contributed by atoms with Gasteiger partial charge in [0.1, 0.15) is 16.7 Å². The van der Waals surface area contributed by atoms with Crippen molar-refractivity contribution >= 4 is 23.8 Å². The van der Waals surface area contributed by atoms with Crippen LogP contribution >= 0.6 is 0 Å². The number of rotatable bonds is 4. The lowest BCUT2D eigenvalue weighted by Crippen LogP contribution is -2.54. The Morgan fingerprint density at radius 3 is 1.81 bits per heavy atom. The molecular formula is C19H29N3O5. The van der Waals surface area contributed by atoms with Gasteiger partial charge in [-0.3, -0.25) is 10.1 Å². The number of ether oxygens (including phenoxy) is 2. The summed E-state index contributed by atoms with van der Waals surface area (Å²) in [6, 6.07) is 6.49. The van der Waals surface area contributed by atoms with Crippen molar-refractivity contribution in [2.45, 2.75) is 65.2 Å². The summed E-state index contributed by atoms with van der Waals surface area (Å²) < 4.78 is 10.5. The van der Waals surface area contributed by atoms with Crippen molar-refractivity contribution in [1.29, 1.82) is 0 Å². The quantitative estimate of drug-likeness (QED) is 0.742. The van der Waals surface area contributed by atoms with Gasteiger partial charge in [-0.25, -0.2) is 9.59 Å². The number of hydrogen-bond acceptors (Lipinski definition) is 5. The Kier molecular flexibility index (Phi) is 6.48. The van der Waals surface area contributed by atoms with Crippen LogP contribution in [0.25, 0.3) is 0 Å². The first-order valence-corrected chi connectivity index (χ1v) is 8.54. The van der Waals surface area contributed by atoms with E-state index in [1.807, 2.05) is 0 Å². The smallest absolute Gasteiger partial charge is 0.412 e. The molecule has 0 saturated carbocycles. The fourth-order valence-corrected chi connectivity index (χ4v) is 2.21. The van der Waals surface area contributed by atoms with Gasteiger partial charge in [-0.15, -0.1) is 0 Å². The number of hydrogen-bond donors (Lipinski definition) is 3. The van der Waals surface area contributed by atoms with E-state index in [1.165, 1.54) is 6.92 Å². The monoisotopic (exact) mass is 379 g/mol. The highest BCUT2D eigenvalue weighted by Gasteiger charge is 2.38. The van der Waals surface area contributed by atoms with E-state index in [9.17, 15) is 14.4 Å². The maximum atomic E-state index is 12.2. The van der Waals surface area contributed by atoms with E-state index in [2.05, 4.69) is 10.6 Å². The molecule has 8 nitrogen and oxygen atoms in total. The van der Waals surface area contributed by atoms with Crippen molar-refractivity contribution in [2.75, 3.05) is 5.32 Å². The van der Waals surface area contributed by atoms with Crippen molar-refractivity contribution in [2.24, 2.45) is 5.73 Å². The van der Waals surface area contributed by atoms with Crippen LogP contribution in [0.2, 0.25) is 0 Å². The van der Waals surface area contributed by atoms with Crippen molar-refractivity contribution in [3.05, 3.63) is 29.8 Å². The normalized spacial score (nSPS) is 13.9. The van der Waals surface area contributed by atoms with Crippen molar-refractivity contribution in [3.8, 4) is 0 Å². The molecule has 0 aliphatic carbocycles. The van der Waals surface area contributed by atoms with Gasteiger partial charge in [-0.05, 0) is 54.5 Å². The highest BCUT2D eigenvalue weighted by molar-refractivity contribution is 5.94. The second-order valence-corrected chi connectivity index (χ2v) is 8.29. The molecule has 0 aliphatic rings. The third-order valence-electron chi connectivity index (χ3n) is 3.35. The predicted octanol–water partition coefficient (Wildman–Crippen LogP) is 3.26. The molecule has 1 aromatic rings. The fourth-order valence-electron chi connectivity index (χ4n) is 2.21. The summed E-state index contributed by atoms with van der Waals surface area (Å²) in [5.74, 6) is -0.813. The maximum absolute atomic E-state index is 12.2. The average molecular weight is 379 g/mol. The van der Waals surface area contributed by atoms with Gasteiger partial charge in [-0.2, -0.15) is 0 Å². The molecule has 8 heteroatoms. The molecule has 0 bridgehead atoms. The number of anilines is 1. The molecule has 1 aromatic carbocycles. The average Bonchev–Trinajstić information content (AvgIpc) is 2.43. The molecule has 0 aromatic heterocycles. The Balaban J connectivity index is 3.20. The SMILES string of the molecule is CC(C)(C)OC(=O)Nc1ccccc1[C@@](C)(NC(=O)OC(C)(C)C)C(N)=O. The van der Waals surface area contributed by atoms with Gasteiger partial charge in [0.2, 0.25) is 5.91 Å². The zero-order valence-electron chi connectivity index (χ0n) is 16.9. The minimum Gasteiger partial charge on any atom is -0.444 e. The lowest BCUT2D eigenvalue weighted by molar-refractivity contribution is -0.124. The maximum Gasteiger partial charge on any atom is 0.412 e. The van der Waals surface area contributed by atoms with E-state index in [0.29, 0.717) is 5.56 Å². The Bertz CT molecular complexity index is 719. The molecule has 150 valence electrons. The summed E-state index contributed by atoms with van der Waals surface area (Å²) in [7, 11) is 0. The van der Waals surface area contributed by atoms with Gasteiger partial charge >= 0.3 is 12.2 Å². The molecular weight excluding hydrogens is 350 g/mol. The Morgan fingerprint density at radius 1 is 0.852 bits per heavy atom. The summed E-state index contributed by atoms with van der Waals surface area (Å²) >= 11 is 0. The lowest BCUT2D eigenvalue weighted by Gasteiger charge is -2.31. The molecule has 0 radical (unpaired) electrons. The van der Waals surface area contributed by atoms with Crippen LogP contribution in [-0.2, 0) is 19.8 Å². The van der Waals surface area contributed by atoms with Gasteiger partial charge in [0, 0.05) is 5.56 Å². The largest absolute Gasteiger partial charge is 0.444 e. The summed E-state index contributed by atoms with van der Waals surface area (Å²) in [6.45, 7) is 11.7. The van der Waals surface area contributed by atoms with Gasteiger partial charge in [0.15, 0.2) is 0 Å². The van der Waals surface area contributed by atoms with Crippen LogP contribution in [0, 0.1) is 0 Å². The number of nitrogens with two attached hydrogens (primary N) is 1. The number of primary amides is 1. The summed E-state index contributed by atoms with van der Waals surface area (Å²) in [4.78, 5) is 36.5. The molecule has 0 spiro atoms. The molecule has 0 heterocycles. The first-order valence-electron chi connectivity index (χ1n) is 8.54. The number of carbonyl (C=O) groups is 3. The van der Waals surface area contributed by atoms with E-state index >= 15 is 0 Å². The van der Waals surface area contributed by atoms with E-state index < -0.39 is 34.8 Å². The van der Waals surface area contributed by atoms with Gasteiger partial charge in [0.25, 0.3) is 0 Å². The number of carbonyl (C=O) groups excluding carboxylic acids is 3. The van der Waals surface area contributed by atoms with Crippen LogP contribution in [0.1, 0.15) is 54.0 Å². The third kappa shape index (κ3) is 6.80. The zero-order valence-corrected chi connectivity index (χ0v) is 16.9. The highest BCUT2D eigenvalue weighted by atomic mass is 16.6. The van der Waals surface area contributed by atoms with Crippen LogP contribution in [0.3, 0.4) is 0 Å².